The van der Waals surface area contributed by atoms with Crippen molar-refractivity contribution < 1.29 is 33.6 Å². The number of aliphatic hydroxyl groups excluding tert-OH is 1. The molecule has 0 aliphatic carbocycles. The Morgan fingerprint density at radius 3 is 2.34 bits per heavy atom. The van der Waals surface area contributed by atoms with Crippen LogP contribution in [-0.4, -0.2) is 129 Å². The first-order chi connectivity index (χ1) is 22.0. The number of nitrogens with zero attached hydrogens (tertiary/aromatic N) is 3. The molecule has 2 aliphatic rings. The van der Waals surface area contributed by atoms with Crippen molar-refractivity contribution in [1.29, 1.82) is 0 Å². The van der Waals surface area contributed by atoms with E-state index < -0.39 is 41.4 Å². The predicted molar refractivity (Wildman–Crippen MR) is 184 cm³/mol. The highest BCUT2D eigenvalue weighted by atomic mass is 35.5. The Morgan fingerprint density at radius 2 is 1.72 bits per heavy atom. The first kappa shape index (κ1) is 39.8. The van der Waals surface area contributed by atoms with Gasteiger partial charge in [-0.2, -0.15) is 0 Å². The average Bonchev–Trinajstić information content (AvgIpc) is 3.00. The van der Waals surface area contributed by atoms with Gasteiger partial charge in [0.2, 0.25) is 0 Å². The van der Waals surface area contributed by atoms with E-state index in [2.05, 4.69) is 23.8 Å². The monoisotopic (exact) mass is 681 g/mol. The second-order valence-electron chi connectivity index (χ2n) is 14.9. The Kier molecular flexibility index (Phi) is 14.7. The summed E-state index contributed by atoms with van der Waals surface area (Å²) in [4.78, 5) is 34.4. The Hall–Kier alpha value is -1.63. The molecule has 0 amide bonds. The normalized spacial score (nSPS) is 34.6. The van der Waals surface area contributed by atoms with Crippen LogP contribution in [0, 0.1) is 17.3 Å². The van der Waals surface area contributed by atoms with Gasteiger partial charge in [0, 0.05) is 43.7 Å². The van der Waals surface area contributed by atoms with Crippen LogP contribution >= 0.6 is 11.6 Å². The summed E-state index contributed by atoms with van der Waals surface area (Å²) < 4.78 is 24.8. The smallest absolute Gasteiger partial charge is 0.319 e. The third kappa shape index (κ3) is 10.7. The zero-order valence-electron chi connectivity index (χ0n) is 30.3. The number of cyclic esters (lactones) is 1. The average molecular weight is 682 g/mol. The zero-order chi connectivity index (χ0) is 35.1. The zero-order valence-corrected chi connectivity index (χ0v) is 31.1. The maximum atomic E-state index is 14.3. The van der Waals surface area contributed by atoms with Crippen LogP contribution in [0.1, 0.15) is 66.4 Å². The molecule has 0 bridgehead atoms. The molecule has 2 heterocycles. The van der Waals surface area contributed by atoms with Crippen LogP contribution in [0.2, 0.25) is 5.02 Å². The second kappa shape index (κ2) is 17.3. The first-order valence-corrected chi connectivity index (χ1v) is 17.4. The third-order valence-electron chi connectivity index (χ3n) is 9.97. The van der Waals surface area contributed by atoms with Gasteiger partial charge in [-0.05, 0) is 105 Å². The third-order valence-corrected chi connectivity index (χ3v) is 10.2. The lowest BCUT2D eigenvalue weighted by Crippen LogP contribution is -2.59. The van der Waals surface area contributed by atoms with Crippen LogP contribution < -0.4 is 0 Å². The molecule has 47 heavy (non-hydrogen) atoms. The maximum absolute atomic E-state index is 14.3. The number of hydrogen-bond donors (Lipinski definition) is 1. The van der Waals surface area contributed by atoms with Gasteiger partial charge in [-0.3, -0.25) is 14.5 Å². The molecule has 0 saturated carbocycles. The van der Waals surface area contributed by atoms with Gasteiger partial charge in [-0.15, -0.1) is 0 Å². The molecule has 8 atom stereocenters. The number of methoxy groups -OCH3 is 1. The largest absolute Gasteiger partial charge is 0.464 e. The van der Waals surface area contributed by atoms with E-state index in [0.29, 0.717) is 31.0 Å². The van der Waals surface area contributed by atoms with Gasteiger partial charge in [0.25, 0.3) is 0 Å². The second-order valence-corrected chi connectivity index (χ2v) is 15.3. The van der Waals surface area contributed by atoms with Gasteiger partial charge in [0.05, 0.1) is 17.8 Å². The highest BCUT2D eigenvalue weighted by Gasteiger charge is 2.51. The van der Waals surface area contributed by atoms with Gasteiger partial charge >= 0.3 is 5.97 Å². The van der Waals surface area contributed by atoms with Crippen molar-refractivity contribution in [2.24, 2.45) is 17.3 Å². The molecule has 1 aromatic rings. The van der Waals surface area contributed by atoms with E-state index in [9.17, 15) is 14.7 Å². The number of benzene rings is 1. The van der Waals surface area contributed by atoms with Crippen LogP contribution in [0.5, 0.6) is 0 Å². The van der Waals surface area contributed by atoms with Crippen molar-refractivity contribution in [2.45, 2.75) is 104 Å². The summed E-state index contributed by atoms with van der Waals surface area (Å²) in [6, 6.07) is 7.61. The maximum Gasteiger partial charge on any atom is 0.319 e. The highest BCUT2D eigenvalue weighted by molar-refractivity contribution is 6.30. The van der Waals surface area contributed by atoms with E-state index in [1.54, 1.807) is 27.9 Å². The van der Waals surface area contributed by atoms with Crippen molar-refractivity contribution in [3.05, 3.63) is 34.9 Å². The molecular weight excluding hydrogens is 622 g/mol. The summed E-state index contributed by atoms with van der Waals surface area (Å²) in [5.41, 5.74) is -1.25. The molecule has 0 radical (unpaired) electrons. The molecule has 0 aromatic heterocycles. The first-order valence-electron chi connectivity index (χ1n) is 17.1. The van der Waals surface area contributed by atoms with Crippen molar-refractivity contribution in [3.63, 3.8) is 0 Å². The molecular formula is C36H60ClN3O7. The van der Waals surface area contributed by atoms with Crippen LogP contribution in [-0.2, 0) is 35.1 Å². The van der Waals surface area contributed by atoms with Crippen molar-refractivity contribution in [3.8, 4) is 0 Å². The molecule has 2 aliphatic heterocycles. The lowest BCUT2D eigenvalue weighted by molar-refractivity contribution is -0.295. The van der Waals surface area contributed by atoms with Gasteiger partial charge in [-0.1, -0.05) is 37.6 Å². The molecule has 3 rings (SSSR count). The topological polar surface area (TPSA) is 101 Å². The lowest BCUT2D eigenvalue weighted by atomic mass is 9.74. The van der Waals surface area contributed by atoms with E-state index in [-0.39, 0.29) is 30.5 Å². The number of halogens is 1. The van der Waals surface area contributed by atoms with Crippen molar-refractivity contribution >= 4 is 23.4 Å². The number of esters is 1. The molecule has 1 N–H and O–H groups in total. The number of likely N-dealkylation sites (N-methyl/N-ethyl adjacent to an activating group) is 1. The van der Waals surface area contributed by atoms with Crippen molar-refractivity contribution in [2.75, 3.05) is 61.0 Å². The van der Waals surface area contributed by atoms with E-state index in [1.807, 2.05) is 57.1 Å². The Balaban J connectivity index is 1.92. The SMILES string of the molecule is CO[C@]1(C)C[C@@H](C)CN(C)CCCN(Cc2ccc(Cl)cc2)CCOC(=O)C(C)(C)C(=O)[C@H](C)[C@H]1O[C@@H]1O[C@H](C)C[C@H](N(C)C)[C@H]1O. The van der Waals surface area contributed by atoms with Crippen LogP contribution in [0.4, 0.5) is 0 Å². The van der Waals surface area contributed by atoms with E-state index in [0.717, 1.165) is 31.6 Å². The minimum absolute atomic E-state index is 0.159. The predicted octanol–water partition coefficient (Wildman–Crippen LogP) is 4.49. The number of hydrogen-bond acceptors (Lipinski definition) is 10. The van der Waals surface area contributed by atoms with Crippen molar-refractivity contribution in [1.82, 2.24) is 14.7 Å². The fourth-order valence-corrected chi connectivity index (χ4v) is 7.35. The van der Waals surface area contributed by atoms with E-state index in [4.69, 9.17) is 30.5 Å². The molecule has 11 heteroatoms. The number of ketones is 1. The fourth-order valence-electron chi connectivity index (χ4n) is 7.22. The highest BCUT2D eigenvalue weighted by Crippen LogP contribution is 2.38. The summed E-state index contributed by atoms with van der Waals surface area (Å²) in [6.45, 7) is 15.0. The van der Waals surface area contributed by atoms with Crippen LogP contribution in [0.3, 0.4) is 0 Å². The minimum Gasteiger partial charge on any atom is -0.464 e. The number of ether oxygens (including phenoxy) is 4. The Morgan fingerprint density at radius 1 is 1.06 bits per heavy atom. The molecule has 0 unspecified atom stereocenters. The lowest BCUT2D eigenvalue weighted by Gasteiger charge is -2.47. The van der Waals surface area contributed by atoms with Crippen LogP contribution in [0.15, 0.2) is 24.3 Å². The summed E-state index contributed by atoms with van der Waals surface area (Å²) >= 11 is 6.11. The molecule has 2 fully saturated rings. The summed E-state index contributed by atoms with van der Waals surface area (Å²) in [7, 11) is 7.60. The Labute approximate surface area is 288 Å². The number of carbonyl (C=O) groups excluding carboxylic acids is 2. The molecule has 1 aromatic carbocycles. The van der Waals surface area contributed by atoms with Gasteiger partial charge in [0.15, 0.2) is 12.1 Å². The number of rotatable bonds is 6. The quantitative estimate of drug-likeness (QED) is 0.341. The summed E-state index contributed by atoms with van der Waals surface area (Å²) in [6.07, 6.45) is -0.739. The number of aliphatic hydroxyl groups is 1. The van der Waals surface area contributed by atoms with E-state index >= 15 is 0 Å². The summed E-state index contributed by atoms with van der Waals surface area (Å²) in [5, 5.41) is 12.0. The van der Waals surface area contributed by atoms with Gasteiger partial charge in [0.1, 0.15) is 18.1 Å². The summed E-state index contributed by atoms with van der Waals surface area (Å²) in [5.74, 6) is -1.49. The fraction of sp³-hybridized carbons (Fsp3) is 0.778. The standard InChI is InChI=1S/C36H60ClN3O7/c1-24-21-36(6,44-10)32(47-33-30(41)29(38(7)8)20-25(2)46-33)26(3)31(42)35(4,5)34(43)45-19-18-40(17-11-16-39(9)22-24)23-27-12-14-28(37)15-13-27/h12-15,24-26,29-30,32-33,41H,11,16-23H2,1-10H3/t24-,25-,26+,29+,30-,32-,33+,36-/m1/s1. The molecule has 268 valence electrons. The number of carbonyl (C=O) groups is 2. The molecule has 2 saturated heterocycles. The molecule has 10 nitrogen and oxygen atoms in total. The minimum atomic E-state index is -1.44. The van der Waals surface area contributed by atoms with Gasteiger partial charge in [-0.25, -0.2) is 0 Å². The number of Topliss-reactive ketones (excluding diaryl/α,β-unsaturated/α-hetero) is 1. The van der Waals surface area contributed by atoms with E-state index in [1.165, 1.54) is 0 Å². The molecule has 0 spiro atoms. The Bertz CT molecular complexity index is 1150. The van der Waals surface area contributed by atoms with Gasteiger partial charge < -0.3 is 33.9 Å². The van der Waals surface area contributed by atoms with Crippen LogP contribution in [0.25, 0.3) is 0 Å².